The maximum Gasteiger partial charge on any atom is 0.337 e. The van der Waals surface area contributed by atoms with Gasteiger partial charge in [-0.05, 0) is 96.7 Å². The smallest absolute Gasteiger partial charge is 0.337 e. The van der Waals surface area contributed by atoms with Crippen molar-refractivity contribution < 1.29 is 23.8 Å². The number of aliphatic carboxylic acids is 1. The quantitative estimate of drug-likeness (QED) is 0.261. The highest BCUT2D eigenvalue weighted by molar-refractivity contribution is 5.88. The summed E-state index contributed by atoms with van der Waals surface area (Å²) in [6.45, 7) is 15.8. The minimum absolute atomic E-state index is 0.250. The van der Waals surface area contributed by atoms with Crippen molar-refractivity contribution in [2.45, 2.75) is 79.4 Å². The number of carboxylic acid groups (broad SMARTS) is 1. The minimum Gasteiger partial charge on any atom is -0.493 e. The lowest BCUT2D eigenvalue weighted by molar-refractivity contribution is -0.160. The van der Waals surface area contributed by atoms with E-state index in [1.807, 2.05) is 58.9 Å². The van der Waals surface area contributed by atoms with Crippen LogP contribution in [0.2, 0.25) is 0 Å². The molecule has 0 amide bonds. The van der Waals surface area contributed by atoms with Crippen LogP contribution in [-0.2, 0) is 16.0 Å². The number of carboxylic acids is 1. The van der Waals surface area contributed by atoms with Gasteiger partial charge >= 0.3 is 5.97 Å². The molecule has 2 heterocycles. The number of hydrogen-bond acceptors (Lipinski definition) is 5. The number of aryl methyl sites for hydroxylation is 2. The molecule has 1 aliphatic heterocycles. The number of allylic oxidation sites excluding steroid dienone is 1. The zero-order chi connectivity index (χ0) is 30.6. The van der Waals surface area contributed by atoms with Crippen LogP contribution in [0, 0.1) is 19.7 Å². The van der Waals surface area contributed by atoms with E-state index in [9.17, 15) is 14.3 Å². The third kappa shape index (κ3) is 7.57. The summed E-state index contributed by atoms with van der Waals surface area (Å²) in [7, 11) is 0. The first-order valence-electron chi connectivity index (χ1n) is 14.6. The van der Waals surface area contributed by atoms with Crippen molar-refractivity contribution in [1.82, 2.24) is 4.98 Å². The number of carbonyl (C=O) groups is 1. The Morgan fingerprint density at radius 1 is 1.00 bits per heavy atom. The molecule has 1 saturated heterocycles. The van der Waals surface area contributed by atoms with E-state index in [1.54, 1.807) is 12.1 Å². The summed E-state index contributed by atoms with van der Waals surface area (Å²) in [6.07, 6.45) is 1.37. The van der Waals surface area contributed by atoms with Gasteiger partial charge in [-0.25, -0.2) is 9.18 Å². The monoisotopic (exact) mass is 574 g/mol. The molecule has 1 aromatic heterocycles. The molecule has 1 N–H and O–H groups in total. The molecule has 1 fully saturated rings. The summed E-state index contributed by atoms with van der Waals surface area (Å²) >= 11 is 0. The van der Waals surface area contributed by atoms with Gasteiger partial charge in [-0.3, -0.25) is 4.98 Å². The van der Waals surface area contributed by atoms with Crippen molar-refractivity contribution in [2.75, 3.05) is 24.6 Å². The summed E-state index contributed by atoms with van der Waals surface area (Å²) in [5.74, 6) is -0.552. The number of anilines is 1. The molecule has 224 valence electrons. The lowest BCUT2D eigenvalue weighted by atomic mass is 9.91. The molecular weight excluding hydrogens is 531 g/mol. The standard InChI is InChI=1S/C35H43FN2O4/c1-22(2)26-16-19-38(20-17-26)32-30(23(3)37-24(4)31(32)33(34(39)40)42-35(5,6)7)27-10-14-29(15-11-27)41-21-18-25-8-12-28(36)13-9-25/h8-15,33H,16-21H2,1-7H3,(H,39,40)/t33-/m0/s1. The molecule has 3 aromatic rings. The van der Waals surface area contributed by atoms with Crippen molar-refractivity contribution in [2.24, 2.45) is 0 Å². The summed E-state index contributed by atoms with van der Waals surface area (Å²) in [6, 6.07) is 14.3. The number of benzene rings is 2. The van der Waals surface area contributed by atoms with Crippen LogP contribution in [0.25, 0.3) is 11.1 Å². The molecule has 2 aromatic carbocycles. The van der Waals surface area contributed by atoms with Crippen LogP contribution in [-0.4, -0.2) is 41.4 Å². The molecule has 1 aliphatic rings. The average molecular weight is 575 g/mol. The average Bonchev–Trinajstić information content (AvgIpc) is 2.93. The van der Waals surface area contributed by atoms with Crippen molar-refractivity contribution in [3.05, 3.63) is 88.0 Å². The topological polar surface area (TPSA) is 71.9 Å². The Balaban J connectivity index is 1.72. The number of aromatic nitrogens is 1. The van der Waals surface area contributed by atoms with E-state index in [0.717, 1.165) is 59.8 Å². The molecule has 6 nitrogen and oxygen atoms in total. The molecule has 0 saturated carbocycles. The van der Waals surface area contributed by atoms with Crippen LogP contribution in [0.5, 0.6) is 5.75 Å². The maximum absolute atomic E-state index is 13.2. The zero-order valence-corrected chi connectivity index (χ0v) is 25.9. The van der Waals surface area contributed by atoms with Crippen LogP contribution < -0.4 is 9.64 Å². The van der Waals surface area contributed by atoms with Crippen molar-refractivity contribution in [1.29, 1.82) is 0 Å². The molecule has 0 radical (unpaired) electrons. The molecule has 0 unspecified atom stereocenters. The molecule has 0 spiro atoms. The molecule has 4 rings (SSSR count). The van der Waals surface area contributed by atoms with E-state index >= 15 is 0 Å². The van der Waals surface area contributed by atoms with Gasteiger partial charge in [0.05, 0.1) is 17.9 Å². The Kier molecular flexibility index (Phi) is 9.72. The molecule has 0 bridgehead atoms. The Labute approximate surface area is 249 Å². The van der Waals surface area contributed by atoms with Gasteiger partial charge in [-0.2, -0.15) is 0 Å². The van der Waals surface area contributed by atoms with E-state index in [1.165, 1.54) is 23.3 Å². The fourth-order valence-electron chi connectivity index (χ4n) is 5.58. The number of pyridine rings is 1. The molecular formula is C35H43FN2O4. The van der Waals surface area contributed by atoms with E-state index < -0.39 is 17.7 Å². The van der Waals surface area contributed by atoms with Crippen LogP contribution >= 0.6 is 0 Å². The predicted molar refractivity (Wildman–Crippen MR) is 166 cm³/mol. The van der Waals surface area contributed by atoms with Gasteiger partial charge in [0.25, 0.3) is 0 Å². The van der Waals surface area contributed by atoms with Gasteiger partial charge in [0.1, 0.15) is 11.6 Å². The van der Waals surface area contributed by atoms with Crippen LogP contribution in [0.4, 0.5) is 10.1 Å². The first-order valence-corrected chi connectivity index (χ1v) is 14.6. The van der Waals surface area contributed by atoms with E-state index in [2.05, 4.69) is 18.7 Å². The second-order valence-corrected chi connectivity index (χ2v) is 12.2. The van der Waals surface area contributed by atoms with Crippen molar-refractivity contribution >= 4 is 11.7 Å². The van der Waals surface area contributed by atoms with Gasteiger partial charge in [0.2, 0.25) is 0 Å². The van der Waals surface area contributed by atoms with Gasteiger partial charge in [0.15, 0.2) is 6.10 Å². The number of nitrogens with zero attached hydrogens (tertiary/aromatic N) is 2. The SMILES string of the molecule is CC(C)=C1CCN(c2c(-c3ccc(OCCc4ccc(F)cc4)cc3)c(C)nc(C)c2[C@H](OC(C)(C)C)C(=O)O)CC1. The Morgan fingerprint density at radius 3 is 2.17 bits per heavy atom. The Hall–Kier alpha value is -3.71. The highest BCUT2D eigenvalue weighted by Crippen LogP contribution is 2.44. The third-order valence-corrected chi connectivity index (χ3v) is 7.64. The number of piperidine rings is 1. The number of rotatable bonds is 9. The van der Waals surface area contributed by atoms with Crippen LogP contribution in [0.1, 0.15) is 76.1 Å². The maximum atomic E-state index is 13.2. The van der Waals surface area contributed by atoms with Gasteiger partial charge in [-0.1, -0.05) is 35.4 Å². The summed E-state index contributed by atoms with van der Waals surface area (Å²) in [5, 5.41) is 10.4. The van der Waals surface area contributed by atoms with Crippen molar-refractivity contribution in [3.63, 3.8) is 0 Å². The third-order valence-electron chi connectivity index (χ3n) is 7.64. The lowest BCUT2D eigenvalue weighted by Gasteiger charge is -2.37. The summed E-state index contributed by atoms with van der Waals surface area (Å²) in [5.41, 5.74) is 8.00. The van der Waals surface area contributed by atoms with E-state index in [0.29, 0.717) is 24.3 Å². The number of hydrogen-bond donors (Lipinski definition) is 1. The Bertz CT molecular complexity index is 1430. The largest absolute Gasteiger partial charge is 0.493 e. The number of ether oxygens (including phenoxy) is 2. The highest BCUT2D eigenvalue weighted by atomic mass is 19.1. The Morgan fingerprint density at radius 2 is 1.62 bits per heavy atom. The van der Waals surface area contributed by atoms with Gasteiger partial charge in [-0.15, -0.1) is 0 Å². The molecule has 7 heteroatoms. The summed E-state index contributed by atoms with van der Waals surface area (Å²) < 4.78 is 25.4. The fraction of sp³-hybridized carbons (Fsp3) is 0.429. The fourth-order valence-corrected chi connectivity index (χ4v) is 5.58. The predicted octanol–water partition coefficient (Wildman–Crippen LogP) is 8.00. The molecule has 1 atom stereocenters. The van der Waals surface area contributed by atoms with Gasteiger partial charge in [0, 0.05) is 42.0 Å². The molecule has 42 heavy (non-hydrogen) atoms. The zero-order valence-electron chi connectivity index (χ0n) is 25.9. The van der Waals surface area contributed by atoms with E-state index in [4.69, 9.17) is 14.5 Å². The van der Waals surface area contributed by atoms with Gasteiger partial charge < -0.3 is 19.5 Å². The normalized spacial score (nSPS) is 14.6. The summed E-state index contributed by atoms with van der Waals surface area (Å²) in [4.78, 5) is 19.9. The van der Waals surface area contributed by atoms with Crippen LogP contribution in [0.3, 0.4) is 0 Å². The number of halogens is 1. The highest BCUT2D eigenvalue weighted by Gasteiger charge is 2.35. The van der Waals surface area contributed by atoms with Crippen molar-refractivity contribution in [3.8, 4) is 16.9 Å². The van der Waals surface area contributed by atoms with E-state index in [-0.39, 0.29) is 5.82 Å². The second kappa shape index (κ2) is 13.1. The lowest BCUT2D eigenvalue weighted by Crippen LogP contribution is -2.35. The first kappa shape index (κ1) is 31.2. The second-order valence-electron chi connectivity index (χ2n) is 12.2. The molecule has 0 aliphatic carbocycles. The van der Waals surface area contributed by atoms with Crippen LogP contribution in [0.15, 0.2) is 59.7 Å². The first-order chi connectivity index (χ1) is 19.8. The minimum atomic E-state index is -1.16.